The van der Waals surface area contributed by atoms with Crippen LogP contribution in [0.4, 0.5) is 13.2 Å². The van der Waals surface area contributed by atoms with Gasteiger partial charge < -0.3 is 10.5 Å². The molecule has 0 aromatic heterocycles. The molecule has 2 nitrogen and oxygen atoms in total. The Bertz CT molecular complexity index is 445. The maximum atomic E-state index is 12.6. The molecule has 0 aliphatic rings. The van der Waals surface area contributed by atoms with Crippen LogP contribution in [0.5, 0.6) is 5.75 Å². The second-order valence-electron chi connectivity index (χ2n) is 4.69. The summed E-state index contributed by atoms with van der Waals surface area (Å²) in [6.45, 7) is 3.56. The lowest BCUT2D eigenvalue weighted by Crippen LogP contribution is -2.38. The molecule has 1 aromatic carbocycles. The molecule has 6 heteroatoms. The molecular weight excluding hydrogens is 287 g/mol. The van der Waals surface area contributed by atoms with E-state index in [2.05, 4.69) is 26.1 Å². The molecule has 0 spiro atoms. The minimum Gasteiger partial charge on any atom is -0.493 e. The Morgan fingerprint density at radius 3 is 2.25 bits per heavy atom. The third-order valence-electron chi connectivity index (χ3n) is 3.22. The van der Waals surface area contributed by atoms with Crippen LogP contribution in [0.3, 0.4) is 0 Å². The highest BCUT2D eigenvalue weighted by Gasteiger charge is 2.42. The van der Waals surface area contributed by atoms with E-state index in [4.69, 9.17) is 10.5 Å². The van der Waals surface area contributed by atoms with Crippen molar-refractivity contribution in [3.05, 3.63) is 29.8 Å². The number of rotatable bonds is 6. The van der Waals surface area contributed by atoms with Crippen molar-refractivity contribution in [2.75, 3.05) is 6.61 Å². The van der Waals surface area contributed by atoms with Gasteiger partial charge in [-0.15, -0.1) is 0 Å². The molecule has 0 saturated carbocycles. The topological polar surface area (TPSA) is 35.2 Å². The molecule has 2 N–H and O–H groups in total. The molecular formula is C14H18F3NOS. The maximum absolute atomic E-state index is 12.6. The van der Waals surface area contributed by atoms with Gasteiger partial charge in [0.15, 0.2) is 0 Å². The summed E-state index contributed by atoms with van der Waals surface area (Å²) in [5, 5.41) is 0. The van der Waals surface area contributed by atoms with Crippen LogP contribution >= 0.6 is 12.2 Å². The zero-order chi connectivity index (χ0) is 15.3. The first kappa shape index (κ1) is 16.8. The first-order valence-corrected chi connectivity index (χ1v) is 6.75. The molecule has 0 saturated heterocycles. The first-order chi connectivity index (χ1) is 9.25. The minimum absolute atomic E-state index is 0.377. The molecule has 2 atom stereocenters. The fourth-order valence-corrected chi connectivity index (χ4v) is 1.85. The Labute approximate surface area is 122 Å². The summed E-state index contributed by atoms with van der Waals surface area (Å²) in [4.78, 5) is -0.603. The molecule has 0 radical (unpaired) electrons. The number of benzene rings is 1. The van der Waals surface area contributed by atoms with Crippen LogP contribution in [-0.4, -0.2) is 17.8 Å². The molecule has 1 aromatic rings. The number of halogens is 3. The van der Waals surface area contributed by atoms with Crippen molar-refractivity contribution < 1.29 is 17.9 Å². The molecule has 2 unspecified atom stereocenters. The fraction of sp³-hybridized carbons (Fsp3) is 0.500. The largest absolute Gasteiger partial charge is 0.493 e. The van der Waals surface area contributed by atoms with Crippen LogP contribution in [0.2, 0.25) is 0 Å². The van der Waals surface area contributed by atoms with Gasteiger partial charge in [0.1, 0.15) is 18.3 Å². The predicted octanol–water partition coefficient (Wildman–Crippen LogP) is 4.04. The van der Waals surface area contributed by atoms with E-state index >= 15 is 0 Å². The molecule has 1 rings (SSSR count). The van der Waals surface area contributed by atoms with Gasteiger partial charge in [-0.05, 0) is 30.0 Å². The van der Waals surface area contributed by atoms with Crippen molar-refractivity contribution in [2.24, 2.45) is 11.7 Å². The average Bonchev–Trinajstić information content (AvgIpc) is 2.36. The Hall–Kier alpha value is -1.30. The number of hydrogen-bond acceptors (Lipinski definition) is 2. The maximum Gasteiger partial charge on any atom is 0.401 e. The van der Waals surface area contributed by atoms with Crippen molar-refractivity contribution in [2.45, 2.75) is 32.4 Å². The smallest absolute Gasteiger partial charge is 0.401 e. The van der Waals surface area contributed by atoms with E-state index in [0.29, 0.717) is 11.7 Å². The van der Waals surface area contributed by atoms with Gasteiger partial charge in [-0.1, -0.05) is 38.2 Å². The predicted molar refractivity (Wildman–Crippen MR) is 77.0 cm³/mol. The van der Waals surface area contributed by atoms with Gasteiger partial charge in [0, 0.05) is 0 Å². The van der Waals surface area contributed by atoms with Gasteiger partial charge in [-0.25, -0.2) is 0 Å². The van der Waals surface area contributed by atoms with Crippen LogP contribution in [0.1, 0.15) is 31.7 Å². The normalized spacial score (nSPS) is 14.7. The summed E-state index contributed by atoms with van der Waals surface area (Å²) in [6.07, 6.45) is -3.49. The van der Waals surface area contributed by atoms with E-state index < -0.39 is 23.7 Å². The van der Waals surface area contributed by atoms with Gasteiger partial charge in [0.2, 0.25) is 0 Å². The second-order valence-corrected chi connectivity index (χ2v) is 5.16. The highest BCUT2D eigenvalue weighted by atomic mass is 32.1. The summed E-state index contributed by atoms with van der Waals surface area (Å²) in [5.74, 6) is -1.14. The van der Waals surface area contributed by atoms with Gasteiger partial charge in [-0.2, -0.15) is 13.2 Å². The SMILES string of the molecule is CCC(C)c1ccc(OCC(C(N)=S)C(F)(F)F)cc1. The summed E-state index contributed by atoms with van der Waals surface area (Å²) in [5.41, 5.74) is 6.23. The molecule has 112 valence electrons. The third kappa shape index (κ3) is 4.67. The molecule has 0 amide bonds. The molecule has 0 heterocycles. The zero-order valence-corrected chi connectivity index (χ0v) is 12.2. The van der Waals surface area contributed by atoms with E-state index in [1.165, 1.54) is 0 Å². The highest BCUT2D eigenvalue weighted by Crippen LogP contribution is 2.28. The lowest BCUT2D eigenvalue weighted by Gasteiger charge is -2.19. The van der Waals surface area contributed by atoms with Gasteiger partial charge in [0.25, 0.3) is 0 Å². The quantitative estimate of drug-likeness (QED) is 0.806. The molecule has 20 heavy (non-hydrogen) atoms. The van der Waals surface area contributed by atoms with Crippen LogP contribution in [0.15, 0.2) is 24.3 Å². The van der Waals surface area contributed by atoms with E-state index in [1.807, 2.05) is 12.1 Å². The Morgan fingerprint density at radius 1 is 1.30 bits per heavy atom. The number of nitrogens with two attached hydrogens (primary N) is 1. The van der Waals surface area contributed by atoms with Crippen LogP contribution in [0, 0.1) is 5.92 Å². The molecule has 0 fully saturated rings. The van der Waals surface area contributed by atoms with Crippen molar-refractivity contribution in [3.63, 3.8) is 0 Å². The van der Waals surface area contributed by atoms with Crippen molar-refractivity contribution in [3.8, 4) is 5.75 Å². The zero-order valence-electron chi connectivity index (χ0n) is 11.4. The van der Waals surface area contributed by atoms with Crippen molar-refractivity contribution in [1.29, 1.82) is 0 Å². The minimum atomic E-state index is -4.48. The molecule has 0 bridgehead atoms. The van der Waals surface area contributed by atoms with Crippen molar-refractivity contribution in [1.82, 2.24) is 0 Å². The number of alkyl halides is 3. The average molecular weight is 305 g/mol. The Kier molecular flexibility index (Phi) is 5.80. The second kappa shape index (κ2) is 6.92. The van der Waals surface area contributed by atoms with Crippen LogP contribution in [0.25, 0.3) is 0 Å². The molecule has 0 aliphatic carbocycles. The standard InChI is InChI=1S/C14H18F3NOS/c1-3-9(2)10-4-6-11(7-5-10)19-8-12(13(18)20)14(15,16)17/h4-7,9,12H,3,8H2,1-2H3,(H2,18,20). The summed E-state index contributed by atoms with van der Waals surface area (Å²) in [6, 6.07) is 7.03. The van der Waals surface area contributed by atoms with Crippen molar-refractivity contribution >= 4 is 17.2 Å². The number of thiocarbonyl (C=S) groups is 1. The highest BCUT2D eigenvalue weighted by molar-refractivity contribution is 7.80. The summed E-state index contributed by atoms with van der Waals surface area (Å²) < 4.78 is 43.1. The fourth-order valence-electron chi connectivity index (χ4n) is 1.65. The van der Waals surface area contributed by atoms with Gasteiger partial charge >= 0.3 is 6.18 Å². The number of ether oxygens (including phenoxy) is 1. The van der Waals surface area contributed by atoms with E-state index in [0.717, 1.165) is 12.0 Å². The molecule has 0 aliphatic heterocycles. The summed E-state index contributed by atoms with van der Waals surface area (Å²) in [7, 11) is 0. The van der Waals surface area contributed by atoms with E-state index in [-0.39, 0.29) is 0 Å². The van der Waals surface area contributed by atoms with Gasteiger partial charge in [-0.3, -0.25) is 0 Å². The lowest BCUT2D eigenvalue weighted by atomic mass is 9.99. The Balaban J connectivity index is 2.67. The van der Waals surface area contributed by atoms with E-state index in [9.17, 15) is 13.2 Å². The monoisotopic (exact) mass is 305 g/mol. The Morgan fingerprint density at radius 2 is 1.85 bits per heavy atom. The first-order valence-electron chi connectivity index (χ1n) is 6.34. The summed E-state index contributed by atoms with van der Waals surface area (Å²) >= 11 is 4.43. The third-order valence-corrected chi connectivity index (χ3v) is 3.50. The number of hydrogen-bond donors (Lipinski definition) is 1. The van der Waals surface area contributed by atoms with E-state index in [1.54, 1.807) is 12.1 Å². The van der Waals surface area contributed by atoms with Crippen LogP contribution < -0.4 is 10.5 Å². The lowest BCUT2D eigenvalue weighted by molar-refractivity contribution is -0.161. The van der Waals surface area contributed by atoms with Crippen LogP contribution in [-0.2, 0) is 0 Å². The van der Waals surface area contributed by atoms with Gasteiger partial charge in [0.05, 0.1) is 4.99 Å².